The zero-order valence-electron chi connectivity index (χ0n) is 14.9. The van der Waals surface area contributed by atoms with Crippen molar-refractivity contribution in [2.45, 2.75) is 4.08 Å². The number of hydrogen-bond acceptors (Lipinski definition) is 4. The average Bonchev–Trinajstić information content (AvgIpc) is 2.67. The van der Waals surface area contributed by atoms with Gasteiger partial charge >= 0.3 is 59.1 Å². The molecule has 0 fully saturated rings. The van der Waals surface area contributed by atoms with Crippen LogP contribution in [-0.4, -0.2) is 85.1 Å². The second-order valence-corrected chi connectivity index (χ2v) is 10.0. The van der Waals surface area contributed by atoms with Gasteiger partial charge in [0.15, 0.2) is 0 Å². The summed E-state index contributed by atoms with van der Waals surface area (Å²) in [5.74, 6) is 0. The predicted molar refractivity (Wildman–Crippen MR) is 126 cm³/mol. The molecule has 0 saturated heterocycles. The van der Waals surface area contributed by atoms with E-state index in [0.29, 0.717) is 10.8 Å². The molecule has 0 heterocycles. The van der Waals surface area contributed by atoms with Crippen LogP contribution in [0.4, 0.5) is 0 Å². The van der Waals surface area contributed by atoms with E-state index in [1.807, 2.05) is 0 Å². The third-order valence-corrected chi connectivity index (χ3v) is 8.61. The fraction of sp³-hybridized carbons (Fsp3) is 0.0476. The zero-order valence-corrected chi connectivity index (χ0v) is 16.6. The van der Waals surface area contributed by atoms with Crippen LogP contribution < -0.4 is 0 Å². The van der Waals surface area contributed by atoms with Crippen molar-refractivity contribution < 1.29 is 25.9 Å². The van der Waals surface area contributed by atoms with Crippen LogP contribution in [0.5, 0.6) is 0 Å². The SMILES string of the molecule is O=S(=O)(O)C(c1cccc2ccccc12)(c1cccc2ccccc12)S(=O)(=O)O.[NaH].[NaH]. The van der Waals surface area contributed by atoms with E-state index >= 15 is 0 Å². The maximum atomic E-state index is 12.8. The molecule has 4 rings (SSSR count). The Bertz CT molecular complexity index is 1340. The summed E-state index contributed by atoms with van der Waals surface area (Å²) < 4.78 is 68.7. The van der Waals surface area contributed by atoms with Gasteiger partial charge in [0.25, 0.3) is 24.3 Å². The Kier molecular flexibility index (Phi) is 8.20. The summed E-state index contributed by atoms with van der Waals surface area (Å²) in [7, 11) is -10.8. The summed E-state index contributed by atoms with van der Waals surface area (Å²) in [6.07, 6.45) is 0. The van der Waals surface area contributed by atoms with Gasteiger partial charge in [-0.25, -0.2) is 0 Å². The second kappa shape index (κ2) is 9.61. The molecule has 152 valence electrons. The van der Waals surface area contributed by atoms with E-state index < -0.39 is 24.3 Å². The molecule has 0 aliphatic carbocycles. The normalized spacial score (nSPS) is 12.2. The molecule has 0 atom stereocenters. The third kappa shape index (κ3) is 4.27. The molecule has 0 aliphatic rings. The maximum absolute atomic E-state index is 12.8. The van der Waals surface area contributed by atoms with E-state index in [2.05, 4.69) is 0 Å². The first-order chi connectivity index (χ1) is 13.7. The Hall–Kier alpha value is -0.780. The van der Waals surface area contributed by atoms with Crippen molar-refractivity contribution in [2.75, 3.05) is 0 Å². The summed E-state index contributed by atoms with van der Waals surface area (Å²) in [6, 6.07) is 22.0. The van der Waals surface area contributed by atoms with Crippen molar-refractivity contribution in [3.63, 3.8) is 0 Å². The standard InChI is InChI=1S/C21H16O6S2.2Na.2H/c22-28(23,24)21(29(25,26)27,19-13-5-9-15-7-1-3-11-17(15)19)20-14-6-10-16-8-2-4-12-18(16)20;;;;/h1-14H,(H,22,23,24)(H,25,26,27);;;;. The van der Waals surface area contributed by atoms with Crippen LogP contribution >= 0.6 is 0 Å². The van der Waals surface area contributed by atoms with Crippen LogP contribution in [0, 0.1) is 0 Å². The molecule has 2 N–H and O–H groups in total. The summed E-state index contributed by atoms with van der Waals surface area (Å²) in [5.41, 5.74) is -0.506. The topological polar surface area (TPSA) is 109 Å². The number of hydrogen-bond donors (Lipinski definition) is 2. The Balaban J connectivity index is 0.00000171. The van der Waals surface area contributed by atoms with Crippen LogP contribution in [0.3, 0.4) is 0 Å². The fourth-order valence-electron chi connectivity index (χ4n) is 3.86. The van der Waals surface area contributed by atoms with Gasteiger partial charge in [-0.1, -0.05) is 84.9 Å². The molecule has 4 aromatic rings. The van der Waals surface area contributed by atoms with Crippen LogP contribution in [-0.2, 0) is 24.3 Å². The quantitative estimate of drug-likeness (QED) is 0.346. The van der Waals surface area contributed by atoms with Crippen LogP contribution in [0.25, 0.3) is 21.5 Å². The van der Waals surface area contributed by atoms with Crippen molar-refractivity contribution in [2.24, 2.45) is 0 Å². The minimum atomic E-state index is -5.41. The first-order valence-corrected chi connectivity index (χ1v) is 11.5. The summed E-state index contributed by atoms with van der Waals surface area (Å²) >= 11 is 0. The van der Waals surface area contributed by atoms with Crippen molar-refractivity contribution in [1.29, 1.82) is 0 Å². The first kappa shape index (κ1) is 26.5. The molecule has 0 bridgehead atoms. The van der Waals surface area contributed by atoms with Crippen molar-refractivity contribution in [1.82, 2.24) is 0 Å². The molecule has 31 heavy (non-hydrogen) atoms. The summed E-state index contributed by atoms with van der Waals surface area (Å²) in [4.78, 5) is 0. The molecule has 0 saturated carbocycles. The van der Waals surface area contributed by atoms with Gasteiger partial charge in [0, 0.05) is 11.1 Å². The van der Waals surface area contributed by atoms with E-state index in [1.165, 1.54) is 24.3 Å². The molecule has 0 amide bonds. The molecule has 0 spiro atoms. The van der Waals surface area contributed by atoms with Crippen molar-refractivity contribution >= 4 is 101 Å². The van der Waals surface area contributed by atoms with E-state index in [4.69, 9.17) is 0 Å². The molecular formula is C21H18Na2O6S2. The van der Waals surface area contributed by atoms with Crippen LogP contribution in [0.1, 0.15) is 11.1 Å². The first-order valence-electron chi connectivity index (χ1n) is 8.58. The molecule has 0 aliphatic heterocycles. The van der Waals surface area contributed by atoms with Crippen molar-refractivity contribution in [3.8, 4) is 0 Å². The van der Waals surface area contributed by atoms with Crippen LogP contribution in [0.2, 0.25) is 0 Å². The van der Waals surface area contributed by atoms with E-state index in [9.17, 15) is 25.9 Å². The second-order valence-electron chi connectivity index (χ2n) is 6.62. The van der Waals surface area contributed by atoms with Gasteiger partial charge < -0.3 is 0 Å². The monoisotopic (exact) mass is 476 g/mol. The molecule has 0 aromatic heterocycles. The minimum absolute atomic E-state index is 0. The van der Waals surface area contributed by atoms with Gasteiger partial charge in [0.2, 0.25) is 0 Å². The van der Waals surface area contributed by atoms with Gasteiger partial charge in [0.05, 0.1) is 0 Å². The fourth-order valence-corrected chi connectivity index (χ4v) is 6.75. The molecular weight excluding hydrogens is 458 g/mol. The zero-order chi connectivity index (χ0) is 20.9. The number of benzene rings is 4. The van der Waals surface area contributed by atoms with Crippen molar-refractivity contribution in [3.05, 3.63) is 96.1 Å². The molecule has 4 aromatic carbocycles. The third-order valence-electron chi connectivity index (χ3n) is 5.01. The molecule has 0 unspecified atom stereocenters. The van der Waals surface area contributed by atoms with Gasteiger partial charge in [-0.3, -0.25) is 9.11 Å². The van der Waals surface area contributed by atoms with Gasteiger partial charge in [-0.05, 0) is 21.5 Å². The van der Waals surface area contributed by atoms with E-state index in [-0.39, 0.29) is 81.0 Å². The van der Waals surface area contributed by atoms with E-state index in [1.54, 1.807) is 60.7 Å². The summed E-state index contributed by atoms with van der Waals surface area (Å²) in [6.45, 7) is 0. The Morgan fingerprint density at radius 2 is 0.839 bits per heavy atom. The average molecular weight is 476 g/mol. The summed E-state index contributed by atoms with van der Waals surface area (Å²) in [5, 5.41) is 1.67. The number of fused-ring (bicyclic) bond motifs is 2. The molecule has 6 nitrogen and oxygen atoms in total. The van der Waals surface area contributed by atoms with Gasteiger partial charge in [0.1, 0.15) is 0 Å². The molecule has 0 radical (unpaired) electrons. The number of rotatable bonds is 4. The van der Waals surface area contributed by atoms with Gasteiger partial charge in [-0.15, -0.1) is 0 Å². The van der Waals surface area contributed by atoms with Crippen LogP contribution in [0.15, 0.2) is 84.9 Å². The molecule has 10 heteroatoms. The Labute approximate surface area is 224 Å². The Morgan fingerprint density at radius 3 is 1.19 bits per heavy atom. The van der Waals surface area contributed by atoms with Gasteiger partial charge in [-0.2, -0.15) is 16.8 Å². The Morgan fingerprint density at radius 1 is 0.516 bits per heavy atom. The predicted octanol–water partition coefficient (Wildman–Crippen LogP) is 2.67. The van der Waals surface area contributed by atoms with E-state index in [0.717, 1.165) is 0 Å².